The van der Waals surface area contributed by atoms with Gasteiger partial charge in [0.2, 0.25) is 0 Å². The molecule has 2 N–H and O–H groups in total. The number of ether oxygens (including phenoxy) is 1. The molecule has 0 fully saturated rings. The second-order valence-corrected chi connectivity index (χ2v) is 4.48. The van der Waals surface area contributed by atoms with Crippen LogP contribution in [0.3, 0.4) is 0 Å². The lowest BCUT2D eigenvalue weighted by atomic mass is 10.1. The minimum Gasteiger partial charge on any atom is -0.497 e. The third kappa shape index (κ3) is 3.06. The molecule has 3 aromatic rings. The molecular weight excluding hydrogens is 272 g/mol. The lowest BCUT2D eigenvalue weighted by Crippen LogP contribution is -1.99. The molecule has 3 nitrogen and oxygen atoms in total. The van der Waals surface area contributed by atoms with Gasteiger partial charge in [0.15, 0.2) is 0 Å². The zero-order chi connectivity index (χ0) is 13.1. The lowest BCUT2D eigenvalue weighted by Gasteiger charge is -2.07. The Morgan fingerprint density at radius 2 is 1.85 bits per heavy atom. The number of fused-ring (bicyclic) bond motifs is 1. The molecule has 1 aromatic heterocycles. The summed E-state index contributed by atoms with van der Waals surface area (Å²) in [5, 5.41) is 4.65. The van der Waals surface area contributed by atoms with Crippen LogP contribution in [0, 0.1) is 0 Å². The van der Waals surface area contributed by atoms with Crippen molar-refractivity contribution in [2.24, 2.45) is 0 Å². The summed E-state index contributed by atoms with van der Waals surface area (Å²) < 4.78 is 5.14. The minimum absolute atomic E-state index is 0. The Hall–Kier alpha value is -2.13. The first kappa shape index (κ1) is 14.3. The maximum Gasteiger partial charge on any atom is 0.119 e. The predicted molar refractivity (Wildman–Crippen MR) is 85.9 cm³/mol. The first-order chi connectivity index (χ1) is 9.35. The van der Waals surface area contributed by atoms with Gasteiger partial charge in [0, 0.05) is 23.9 Å². The number of halogens is 1. The normalized spacial score (nSPS) is 10.1. The van der Waals surface area contributed by atoms with Crippen LogP contribution in [0.15, 0.2) is 54.7 Å². The van der Waals surface area contributed by atoms with Gasteiger partial charge in [0.1, 0.15) is 5.75 Å². The fourth-order valence-corrected chi connectivity index (χ4v) is 2.13. The second-order valence-electron chi connectivity index (χ2n) is 4.48. The molecule has 2 aromatic carbocycles. The molecule has 20 heavy (non-hydrogen) atoms. The van der Waals surface area contributed by atoms with Crippen LogP contribution in [0.2, 0.25) is 0 Å². The Morgan fingerprint density at radius 3 is 2.60 bits per heavy atom. The highest BCUT2D eigenvalue weighted by Gasteiger charge is 1.98. The highest BCUT2D eigenvalue weighted by Crippen LogP contribution is 2.18. The van der Waals surface area contributed by atoms with E-state index in [-0.39, 0.29) is 12.4 Å². The van der Waals surface area contributed by atoms with E-state index in [1.807, 2.05) is 30.5 Å². The third-order valence-corrected chi connectivity index (χ3v) is 3.20. The number of anilines is 1. The van der Waals surface area contributed by atoms with E-state index >= 15 is 0 Å². The fraction of sp³-hybridized carbons (Fsp3) is 0.125. The number of aromatic nitrogens is 1. The van der Waals surface area contributed by atoms with Crippen LogP contribution < -0.4 is 10.1 Å². The number of hydrogen-bond acceptors (Lipinski definition) is 2. The van der Waals surface area contributed by atoms with Gasteiger partial charge in [-0.05, 0) is 53.4 Å². The van der Waals surface area contributed by atoms with E-state index in [2.05, 4.69) is 34.6 Å². The summed E-state index contributed by atoms with van der Waals surface area (Å²) in [5.74, 6) is 0.874. The highest BCUT2D eigenvalue weighted by molar-refractivity contribution is 5.85. The SMILES string of the molecule is COc1ccc(NCc2ccc3[nH]ccc3c2)cc1.Cl. The van der Waals surface area contributed by atoms with Crippen molar-refractivity contribution in [3.8, 4) is 5.75 Å². The van der Waals surface area contributed by atoms with Crippen LogP contribution in [0.25, 0.3) is 10.9 Å². The van der Waals surface area contributed by atoms with E-state index in [0.29, 0.717) is 0 Å². The zero-order valence-corrected chi connectivity index (χ0v) is 12.0. The Labute approximate surface area is 124 Å². The standard InChI is InChI=1S/C16H16N2O.ClH/c1-19-15-5-3-14(4-6-15)18-11-12-2-7-16-13(10-12)8-9-17-16;/h2-10,17-18H,11H2,1H3;1H. The summed E-state index contributed by atoms with van der Waals surface area (Å²) >= 11 is 0. The third-order valence-electron chi connectivity index (χ3n) is 3.20. The van der Waals surface area contributed by atoms with Gasteiger partial charge >= 0.3 is 0 Å². The van der Waals surface area contributed by atoms with Crippen molar-refractivity contribution in [2.75, 3.05) is 12.4 Å². The lowest BCUT2D eigenvalue weighted by molar-refractivity contribution is 0.415. The number of benzene rings is 2. The first-order valence-electron chi connectivity index (χ1n) is 6.29. The van der Waals surface area contributed by atoms with Crippen molar-refractivity contribution in [1.82, 2.24) is 4.98 Å². The molecule has 4 heteroatoms. The molecule has 104 valence electrons. The maximum absolute atomic E-state index is 5.14. The first-order valence-corrected chi connectivity index (χ1v) is 6.29. The Morgan fingerprint density at radius 1 is 1.05 bits per heavy atom. The summed E-state index contributed by atoms with van der Waals surface area (Å²) in [4.78, 5) is 3.20. The van der Waals surface area contributed by atoms with Gasteiger partial charge in [-0.2, -0.15) is 0 Å². The number of methoxy groups -OCH3 is 1. The molecule has 1 heterocycles. The quantitative estimate of drug-likeness (QED) is 0.754. The summed E-state index contributed by atoms with van der Waals surface area (Å²) in [7, 11) is 1.68. The van der Waals surface area contributed by atoms with Gasteiger partial charge < -0.3 is 15.0 Å². The summed E-state index contributed by atoms with van der Waals surface area (Å²) in [5.41, 5.74) is 3.53. The summed E-state index contributed by atoms with van der Waals surface area (Å²) in [6.07, 6.45) is 1.96. The smallest absolute Gasteiger partial charge is 0.119 e. The van der Waals surface area contributed by atoms with Gasteiger partial charge in [0.25, 0.3) is 0 Å². The van der Waals surface area contributed by atoms with Gasteiger partial charge in [-0.1, -0.05) is 6.07 Å². The van der Waals surface area contributed by atoms with Crippen molar-refractivity contribution < 1.29 is 4.74 Å². The van der Waals surface area contributed by atoms with Gasteiger partial charge in [-0.3, -0.25) is 0 Å². The molecule has 0 spiro atoms. The Bertz CT molecular complexity index is 676. The monoisotopic (exact) mass is 288 g/mol. The van der Waals surface area contributed by atoms with Crippen molar-refractivity contribution in [3.05, 3.63) is 60.3 Å². The van der Waals surface area contributed by atoms with Crippen LogP contribution in [-0.4, -0.2) is 12.1 Å². The summed E-state index contributed by atoms with van der Waals surface area (Å²) in [6.45, 7) is 0.813. The number of nitrogens with one attached hydrogen (secondary N) is 2. The van der Waals surface area contributed by atoms with Crippen LogP contribution in [0.5, 0.6) is 5.75 Å². The molecule has 0 atom stereocenters. The molecule has 0 aliphatic heterocycles. The molecule has 0 unspecified atom stereocenters. The molecular formula is C16H17ClN2O. The largest absolute Gasteiger partial charge is 0.497 e. The molecule has 3 rings (SSSR count). The number of aromatic amines is 1. The zero-order valence-electron chi connectivity index (χ0n) is 11.2. The fourth-order valence-electron chi connectivity index (χ4n) is 2.13. The Balaban J connectivity index is 0.00000147. The van der Waals surface area contributed by atoms with Gasteiger partial charge in [-0.15, -0.1) is 12.4 Å². The molecule has 0 radical (unpaired) electrons. The van der Waals surface area contributed by atoms with Crippen LogP contribution in [-0.2, 0) is 6.54 Å². The molecule has 0 aliphatic rings. The predicted octanol–water partition coefficient (Wildman–Crippen LogP) is 4.21. The van der Waals surface area contributed by atoms with Crippen molar-refractivity contribution >= 4 is 29.0 Å². The second kappa shape index (κ2) is 6.35. The molecule has 0 bridgehead atoms. The van der Waals surface area contributed by atoms with E-state index in [1.54, 1.807) is 7.11 Å². The topological polar surface area (TPSA) is 37.0 Å². The van der Waals surface area contributed by atoms with Crippen LogP contribution in [0.1, 0.15) is 5.56 Å². The molecule has 0 saturated heterocycles. The number of H-pyrrole nitrogens is 1. The Kier molecular flexibility index (Phi) is 4.53. The highest BCUT2D eigenvalue weighted by atomic mass is 35.5. The summed E-state index contributed by atoms with van der Waals surface area (Å²) in [6, 6.07) is 16.5. The molecule has 0 saturated carbocycles. The molecule has 0 aliphatic carbocycles. The molecule has 0 amide bonds. The van der Waals surface area contributed by atoms with E-state index in [9.17, 15) is 0 Å². The van der Waals surface area contributed by atoms with E-state index in [0.717, 1.165) is 18.0 Å². The van der Waals surface area contributed by atoms with Crippen LogP contribution in [0.4, 0.5) is 5.69 Å². The van der Waals surface area contributed by atoms with E-state index in [1.165, 1.54) is 16.5 Å². The van der Waals surface area contributed by atoms with Crippen molar-refractivity contribution in [1.29, 1.82) is 0 Å². The van der Waals surface area contributed by atoms with Gasteiger partial charge in [-0.25, -0.2) is 0 Å². The average molecular weight is 289 g/mol. The maximum atomic E-state index is 5.14. The average Bonchev–Trinajstić information content (AvgIpc) is 2.93. The number of hydrogen-bond donors (Lipinski definition) is 2. The van der Waals surface area contributed by atoms with Gasteiger partial charge in [0.05, 0.1) is 7.11 Å². The minimum atomic E-state index is 0. The van der Waals surface area contributed by atoms with E-state index in [4.69, 9.17) is 4.74 Å². The van der Waals surface area contributed by atoms with Crippen molar-refractivity contribution in [2.45, 2.75) is 6.54 Å². The van der Waals surface area contributed by atoms with Crippen LogP contribution >= 0.6 is 12.4 Å². The number of rotatable bonds is 4. The van der Waals surface area contributed by atoms with Crippen molar-refractivity contribution in [3.63, 3.8) is 0 Å². The van der Waals surface area contributed by atoms with E-state index < -0.39 is 0 Å².